The Balaban J connectivity index is 1.60. The van der Waals surface area contributed by atoms with Crippen molar-refractivity contribution in [3.63, 3.8) is 0 Å². The summed E-state index contributed by atoms with van der Waals surface area (Å²) in [5, 5.41) is 0.716. The van der Waals surface area contributed by atoms with Crippen molar-refractivity contribution in [2.24, 2.45) is 0 Å². The van der Waals surface area contributed by atoms with Gasteiger partial charge in [0, 0.05) is 43.4 Å². The Bertz CT molecular complexity index is 594. The van der Waals surface area contributed by atoms with Crippen LogP contribution in [0.5, 0.6) is 0 Å². The summed E-state index contributed by atoms with van der Waals surface area (Å²) < 4.78 is 0. The number of halogens is 1. The van der Waals surface area contributed by atoms with E-state index in [1.54, 1.807) is 12.5 Å². The van der Waals surface area contributed by atoms with Crippen molar-refractivity contribution in [1.29, 1.82) is 0 Å². The molecule has 1 aliphatic carbocycles. The molecule has 124 valence electrons. The van der Waals surface area contributed by atoms with Crippen LogP contribution in [0.4, 0.5) is 0 Å². The van der Waals surface area contributed by atoms with E-state index in [2.05, 4.69) is 16.7 Å². The lowest BCUT2D eigenvalue weighted by molar-refractivity contribution is -0.119. The molecule has 1 unspecified atom stereocenters. The predicted molar refractivity (Wildman–Crippen MR) is 94.8 cm³/mol. The summed E-state index contributed by atoms with van der Waals surface area (Å²) >= 11 is 5.96. The number of hydrogen-bond acceptors (Lipinski definition) is 3. The Morgan fingerprint density at radius 2 is 1.70 bits per heavy atom. The third-order valence-electron chi connectivity index (χ3n) is 5.06. The quantitative estimate of drug-likeness (QED) is 0.821. The summed E-state index contributed by atoms with van der Waals surface area (Å²) in [6.45, 7) is 8.95. The average Bonchev–Trinajstić information content (AvgIpc) is 3.38. The highest BCUT2D eigenvalue weighted by molar-refractivity contribution is 6.30. The van der Waals surface area contributed by atoms with Crippen molar-refractivity contribution in [3.8, 4) is 0 Å². The van der Waals surface area contributed by atoms with E-state index < -0.39 is 0 Å². The molecule has 0 radical (unpaired) electrons. The van der Waals surface area contributed by atoms with Gasteiger partial charge in [-0.3, -0.25) is 9.69 Å². The molecule has 4 heteroatoms. The molecule has 0 aromatic heterocycles. The monoisotopic (exact) mass is 332 g/mol. The molecular weight excluding hydrogens is 308 g/mol. The van der Waals surface area contributed by atoms with E-state index in [4.69, 9.17) is 11.6 Å². The van der Waals surface area contributed by atoms with E-state index in [1.807, 2.05) is 24.3 Å². The normalized spacial score (nSPS) is 19.6. The first-order chi connectivity index (χ1) is 11.0. The molecule has 2 fully saturated rings. The van der Waals surface area contributed by atoms with Gasteiger partial charge in [0.25, 0.3) is 0 Å². The van der Waals surface area contributed by atoms with E-state index in [0.29, 0.717) is 5.02 Å². The van der Waals surface area contributed by atoms with Crippen molar-refractivity contribution < 1.29 is 4.79 Å². The summed E-state index contributed by atoms with van der Waals surface area (Å²) in [6.07, 6.45) is 2.57. The van der Waals surface area contributed by atoms with Crippen molar-refractivity contribution in [2.75, 3.05) is 32.7 Å². The number of nitrogens with zero attached hydrogens (tertiary/aromatic N) is 2. The third-order valence-corrected chi connectivity index (χ3v) is 5.31. The minimum atomic E-state index is -0.0540. The zero-order chi connectivity index (χ0) is 16.4. The standard InChI is InChI=1S/C19H25ClN2O/c1-14(16-3-4-16)22-11-9-21(10-12-22)13-19(15(2)23)17-5-7-18(20)8-6-17/h5-8,19H,3-4,9-13H2,1-2H3. The number of Topliss-reactive ketones (excluding diaryl/α,β-unsaturated/α-hetero) is 1. The van der Waals surface area contributed by atoms with Gasteiger partial charge in [0.2, 0.25) is 0 Å². The van der Waals surface area contributed by atoms with E-state index >= 15 is 0 Å². The number of carbonyl (C=O) groups excluding carboxylic acids is 1. The fraction of sp³-hybridized carbons (Fsp3) is 0.526. The Hall–Kier alpha value is -1.32. The summed E-state index contributed by atoms with van der Waals surface area (Å²) in [5.74, 6) is 0.174. The summed E-state index contributed by atoms with van der Waals surface area (Å²) in [5.41, 5.74) is 4.19. The SMILES string of the molecule is CC(=O)C(CN1CCN(C(C)=C2CC2)CC1)c1ccc(Cl)cc1. The second-order valence-corrected chi connectivity index (χ2v) is 7.13. The molecule has 0 spiro atoms. The molecule has 1 heterocycles. The Labute approximate surface area is 143 Å². The average molecular weight is 333 g/mol. The Morgan fingerprint density at radius 3 is 2.22 bits per heavy atom. The van der Waals surface area contributed by atoms with Crippen LogP contribution < -0.4 is 0 Å². The van der Waals surface area contributed by atoms with Gasteiger partial charge >= 0.3 is 0 Å². The van der Waals surface area contributed by atoms with E-state index in [0.717, 1.165) is 38.3 Å². The van der Waals surface area contributed by atoms with E-state index in [-0.39, 0.29) is 11.7 Å². The maximum Gasteiger partial charge on any atom is 0.138 e. The zero-order valence-electron chi connectivity index (χ0n) is 14.0. The largest absolute Gasteiger partial charge is 0.373 e. The molecule has 3 rings (SSSR count). The molecule has 3 nitrogen and oxygen atoms in total. The van der Waals surface area contributed by atoms with Crippen LogP contribution in [0.3, 0.4) is 0 Å². The lowest BCUT2D eigenvalue weighted by Crippen LogP contribution is -2.47. The van der Waals surface area contributed by atoms with Crippen molar-refractivity contribution in [2.45, 2.75) is 32.6 Å². The number of ketones is 1. The first kappa shape index (κ1) is 16.5. The van der Waals surface area contributed by atoms with Crippen LogP contribution in [0.1, 0.15) is 38.2 Å². The lowest BCUT2D eigenvalue weighted by atomic mass is 9.94. The first-order valence-electron chi connectivity index (χ1n) is 8.46. The second kappa shape index (κ2) is 7.06. The summed E-state index contributed by atoms with van der Waals surface area (Å²) in [7, 11) is 0. The third kappa shape index (κ3) is 4.15. The molecular formula is C19H25ClN2O. The fourth-order valence-electron chi connectivity index (χ4n) is 3.34. The predicted octanol–water partition coefficient (Wildman–Crippen LogP) is 3.70. The molecule has 0 N–H and O–H groups in total. The zero-order valence-corrected chi connectivity index (χ0v) is 14.8. The highest BCUT2D eigenvalue weighted by Gasteiger charge is 2.25. The summed E-state index contributed by atoms with van der Waals surface area (Å²) in [6, 6.07) is 7.70. The number of benzene rings is 1. The van der Waals surface area contributed by atoms with Crippen LogP contribution in [0.15, 0.2) is 35.5 Å². The minimum absolute atomic E-state index is 0.0540. The van der Waals surface area contributed by atoms with Crippen LogP contribution in [0.2, 0.25) is 5.02 Å². The maximum atomic E-state index is 12.1. The van der Waals surface area contributed by atoms with Gasteiger partial charge < -0.3 is 4.90 Å². The molecule has 1 atom stereocenters. The highest BCUT2D eigenvalue weighted by Crippen LogP contribution is 2.33. The smallest absolute Gasteiger partial charge is 0.138 e. The molecule has 23 heavy (non-hydrogen) atoms. The molecule has 0 bridgehead atoms. The van der Waals surface area contributed by atoms with Crippen molar-refractivity contribution in [1.82, 2.24) is 9.80 Å². The molecule has 1 aromatic carbocycles. The van der Waals surface area contributed by atoms with Crippen LogP contribution in [0, 0.1) is 0 Å². The Morgan fingerprint density at radius 1 is 1.09 bits per heavy atom. The number of piperazine rings is 1. The highest BCUT2D eigenvalue weighted by atomic mass is 35.5. The van der Waals surface area contributed by atoms with Crippen molar-refractivity contribution in [3.05, 3.63) is 46.1 Å². The van der Waals surface area contributed by atoms with E-state index in [1.165, 1.54) is 18.5 Å². The molecule has 2 aliphatic rings. The second-order valence-electron chi connectivity index (χ2n) is 6.69. The number of hydrogen-bond donors (Lipinski definition) is 0. The molecule has 1 saturated heterocycles. The van der Waals surface area contributed by atoms with Crippen LogP contribution in [-0.4, -0.2) is 48.3 Å². The maximum absolute atomic E-state index is 12.1. The topological polar surface area (TPSA) is 23.6 Å². The van der Waals surface area contributed by atoms with Gasteiger partial charge in [0.05, 0.1) is 5.92 Å². The molecule has 1 aromatic rings. The summed E-state index contributed by atoms with van der Waals surface area (Å²) in [4.78, 5) is 17.0. The van der Waals surface area contributed by atoms with Gasteiger partial charge in [0.1, 0.15) is 5.78 Å². The molecule has 1 saturated carbocycles. The van der Waals surface area contributed by atoms with Crippen LogP contribution in [0.25, 0.3) is 0 Å². The van der Waals surface area contributed by atoms with E-state index in [9.17, 15) is 4.79 Å². The lowest BCUT2D eigenvalue weighted by Gasteiger charge is -2.37. The number of carbonyl (C=O) groups is 1. The molecule has 1 aliphatic heterocycles. The van der Waals surface area contributed by atoms with Crippen molar-refractivity contribution >= 4 is 17.4 Å². The van der Waals surface area contributed by atoms with Gasteiger partial charge in [0.15, 0.2) is 0 Å². The van der Waals surface area contributed by atoms with Gasteiger partial charge in [-0.2, -0.15) is 0 Å². The Kier molecular flexibility index (Phi) is 5.08. The number of allylic oxidation sites excluding steroid dienone is 2. The minimum Gasteiger partial charge on any atom is -0.373 e. The fourth-order valence-corrected chi connectivity index (χ4v) is 3.46. The van der Waals surface area contributed by atoms with Crippen LogP contribution >= 0.6 is 11.6 Å². The van der Waals surface area contributed by atoms with Gasteiger partial charge in [-0.05, 0) is 44.4 Å². The van der Waals surface area contributed by atoms with Gasteiger partial charge in [-0.25, -0.2) is 0 Å². The van der Waals surface area contributed by atoms with Crippen LogP contribution in [-0.2, 0) is 4.79 Å². The molecule has 0 amide bonds. The van der Waals surface area contributed by atoms with Gasteiger partial charge in [-0.1, -0.05) is 29.3 Å². The number of rotatable bonds is 5. The first-order valence-corrected chi connectivity index (χ1v) is 8.84. The van der Waals surface area contributed by atoms with Gasteiger partial charge in [-0.15, -0.1) is 0 Å².